The number of hydrogen-bond acceptors (Lipinski definition) is 2. The van der Waals surface area contributed by atoms with Crippen molar-refractivity contribution in [2.24, 2.45) is 5.73 Å². The van der Waals surface area contributed by atoms with E-state index in [9.17, 15) is 4.39 Å². The van der Waals surface area contributed by atoms with Gasteiger partial charge in [-0.05, 0) is 13.0 Å². The Morgan fingerprint density at radius 2 is 2.23 bits per heavy atom. The second-order valence-corrected chi connectivity index (χ2v) is 3.15. The van der Waals surface area contributed by atoms with Crippen LogP contribution >= 0.6 is 0 Å². The van der Waals surface area contributed by atoms with Crippen molar-refractivity contribution in [1.82, 2.24) is 0 Å². The maximum atomic E-state index is 13.2. The van der Waals surface area contributed by atoms with Crippen molar-refractivity contribution < 1.29 is 9.50 Å². The monoisotopic (exact) mass is 181 g/mol. The lowest BCUT2D eigenvalue weighted by Crippen LogP contribution is -2.31. The minimum Gasteiger partial charge on any atom is -0.508 e. The number of hydrogen-bond donors (Lipinski definition) is 2. The fourth-order valence-corrected chi connectivity index (χ4v) is 1.05. The summed E-state index contributed by atoms with van der Waals surface area (Å²) < 4.78 is 13.2. The van der Waals surface area contributed by atoms with E-state index in [0.717, 1.165) is 6.07 Å². The summed E-state index contributed by atoms with van der Waals surface area (Å²) in [5.74, 6) is -0.633. The van der Waals surface area contributed by atoms with Crippen LogP contribution in [0.1, 0.15) is 12.5 Å². The Kier molecular flexibility index (Phi) is 2.38. The van der Waals surface area contributed by atoms with Crippen LogP contribution in [0.25, 0.3) is 0 Å². The summed E-state index contributed by atoms with van der Waals surface area (Å²) in [6.45, 7) is 5.17. The second kappa shape index (κ2) is 3.18. The summed E-state index contributed by atoms with van der Waals surface area (Å²) in [7, 11) is 0. The van der Waals surface area contributed by atoms with E-state index >= 15 is 0 Å². The van der Waals surface area contributed by atoms with Crippen molar-refractivity contribution in [2.75, 3.05) is 0 Å². The van der Waals surface area contributed by atoms with Crippen LogP contribution in [0.15, 0.2) is 30.9 Å². The summed E-state index contributed by atoms with van der Waals surface area (Å²) in [4.78, 5) is 0. The van der Waals surface area contributed by atoms with Crippen LogP contribution in [0.2, 0.25) is 0 Å². The van der Waals surface area contributed by atoms with Crippen molar-refractivity contribution >= 4 is 0 Å². The molecule has 0 unspecified atom stereocenters. The zero-order chi connectivity index (χ0) is 10.1. The molecule has 1 atom stereocenters. The average molecular weight is 181 g/mol. The molecule has 0 heterocycles. The molecule has 3 N–H and O–H groups in total. The SMILES string of the molecule is C=C[C@@](C)(N)c1ccc(O)cc1F. The maximum absolute atomic E-state index is 13.2. The van der Waals surface area contributed by atoms with Gasteiger partial charge in [0, 0.05) is 11.6 Å². The van der Waals surface area contributed by atoms with Gasteiger partial charge in [0.1, 0.15) is 11.6 Å². The van der Waals surface area contributed by atoms with E-state index in [1.54, 1.807) is 6.92 Å². The number of phenols is 1. The molecule has 70 valence electrons. The number of rotatable bonds is 2. The lowest BCUT2D eigenvalue weighted by Gasteiger charge is -2.20. The van der Waals surface area contributed by atoms with E-state index in [1.165, 1.54) is 18.2 Å². The molecule has 2 nitrogen and oxygen atoms in total. The quantitative estimate of drug-likeness (QED) is 0.684. The molecular weight excluding hydrogens is 169 g/mol. The molecular formula is C10H12FNO. The third kappa shape index (κ3) is 1.87. The summed E-state index contributed by atoms with van der Waals surface area (Å²) in [6, 6.07) is 3.88. The molecule has 0 aliphatic heterocycles. The molecule has 0 saturated carbocycles. The average Bonchev–Trinajstić information content (AvgIpc) is 2.03. The highest BCUT2D eigenvalue weighted by Crippen LogP contribution is 2.24. The van der Waals surface area contributed by atoms with Gasteiger partial charge >= 0.3 is 0 Å². The van der Waals surface area contributed by atoms with E-state index in [0.29, 0.717) is 5.56 Å². The fraction of sp³-hybridized carbons (Fsp3) is 0.200. The van der Waals surface area contributed by atoms with Gasteiger partial charge < -0.3 is 10.8 Å². The number of nitrogens with two attached hydrogens (primary N) is 1. The summed E-state index contributed by atoms with van der Waals surface area (Å²) in [6.07, 6.45) is 1.46. The van der Waals surface area contributed by atoms with Gasteiger partial charge in [-0.1, -0.05) is 12.1 Å². The molecule has 3 heteroatoms. The molecule has 0 amide bonds. The molecule has 1 aromatic rings. The second-order valence-electron chi connectivity index (χ2n) is 3.15. The van der Waals surface area contributed by atoms with E-state index < -0.39 is 11.4 Å². The van der Waals surface area contributed by atoms with Crippen LogP contribution in [-0.2, 0) is 5.54 Å². The first-order chi connectivity index (χ1) is 5.97. The number of phenolic OH excluding ortho intramolecular Hbond substituents is 1. The molecule has 1 aromatic carbocycles. The van der Waals surface area contributed by atoms with Gasteiger partial charge in [0.05, 0.1) is 5.54 Å². The highest BCUT2D eigenvalue weighted by Gasteiger charge is 2.20. The van der Waals surface area contributed by atoms with Gasteiger partial charge in [-0.15, -0.1) is 6.58 Å². The number of halogens is 1. The topological polar surface area (TPSA) is 46.2 Å². The predicted molar refractivity (Wildman–Crippen MR) is 49.8 cm³/mol. The molecule has 0 fully saturated rings. The maximum Gasteiger partial charge on any atom is 0.132 e. The van der Waals surface area contributed by atoms with E-state index in [4.69, 9.17) is 10.8 Å². The van der Waals surface area contributed by atoms with Crippen molar-refractivity contribution in [3.8, 4) is 5.75 Å². The lowest BCUT2D eigenvalue weighted by molar-refractivity contribution is 0.463. The van der Waals surface area contributed by atoms with Gasteiger partial charge in [0.25, 0.3) is 0 Å². The van der Waals surface area contributed by atoms with Gasteiger partial charge in [0.2, 0.25) is 0 Å². The third-order valence-electron chi connectivity index (χ3n) is 1.96. The van der Waals surface area contributed by atoms with Crippen molar-refractivity contribution in [3.05, 3.63) is 42.2 Å². The van der Waals surface area contributed by atoms with Crippen LogP contribution in [0.3, 0.4) is 0 Å². The molecule has 0 saturated heterocycles. The highest BCUT2D eigenvalue weighted by molar-refractivity contribution is 5.34. The third-order valence-corrected chi connectivity index (χ3v) is 1.96. The predicted octanol–water partition coefficient (Wildman–Crippen LogP) is 1.89. The Hall–Kier alpha value is -1.35. The van der Waals surface area contributed by atoms with Gasteiger partial charge in [-0.2, -0.15) is 0 Å². The zero-order valence-corrected chi connectivity index (χ0v) is 7.42. The normalized spacial score (nSPS) is 15.0. The first-order valence-electron chi connectivity index (χ1n) is 3.89. The standard InChI is InChI=1S/C10H12FNO/c1-3-10(2,12)8-5-4-7(13)6-9(8)11/h3-6,13H,1,12H2,2H3/t10-/m1/s1. The first kappa shape index (κ1) is 9.74. The first-order valence-corrected chi connectivity index (χ1v) is 3.89. The fourth-order valence-electron chi connectivity index (χ4n) is 1.05. The molecule has 1 rings (SSSR count). The number of aromatic hydroxyl groups is 1. The minimum atomic E-state index is -0.905. The van der Waals surface area contributed by atoms with Crippen LogP contribution in [0, 0.1) is 5.82 Å². The van der Waals surface area contributed by atoms with Gasteiger partial charge in [0.15, 0.2) is 0 Å². The van der Waals surface area contributed by atoms with Crippen molar-refractivity contribution in [3.63, 3.8) is 0 Å². The van der Waals surface area contributed by atoms with E-state index in [-0.39, 0.29) is 5.75 Å². The summed E-state index contributed by atoms with van der Waals surface area (Å²) in [5.41, 5.74) is 5.16. The molecule has 0 aliphatic carbocycles. The van der Waals surface area contributed by atoms with Crippen LogP contribution < -0.4 is 5.73 Å². The van der Waals surface area contributed by atoms with Crippen molar-refractivity contribution in [2.45, 2.75) is 12.5 Å². The zero-order valence-electron chi connectivity index (χ0n) is 7.42. The smallest absolute Gasteiger partial charge is 0.132 e. The highest BCUT2D eigenvalue weighted by atomic mass is 19.1. The van der Waals surface area contributed by atoms with Crippen LogP contribution in [0.5, 0.6) is 5.75 Å². The Morgan fingerprint density at radius 1 is 1.62 bits per heavy atom. The summed E-state index contributed by atoms with van der Waals surface area (Å²) in [5, 5.41) is 8.97. The Balaban J connectivity index is 3.23. The minimum absolute atomic E-state index is 0.110. The Morgan fingerprint density at radius 3 is 2.69 bits per heavy atom. The molecule has 0 radical (unpaired) electrons. The largest absolute Gasteiger partial charge is 0.508 e. The van der Waals surface area contributed by atoms with Crippen molar-refractivity contribution in [1.29, 1.82) is 0 Å². The Labute approximate surface area is 76.5 Å². The van der Waals surface area contributed by atoms with Gasteiger partial charge in [-0.25, -0.2) is 4.39 Å². The number of benzene rings is 1. The van der Waals surface area contributed by atoms with Gasteiger partial charge in [-0.3, -0.25) is 0 Å². The molecule has 0 aromatic heterocycles. The molecule has 0 spiro atoms. The molecule has 0 bridgehead atoms. The Bertz CT molecular complexity index is 334. The summed E-state index contributed by atoms with van der Waals surface area (Å²) >= 11 is 0. The lowest BCUT2D eigenvalue weighted by atomic mass is 9.93. The van der Waals surface area contributed by atoms with Crippen LogP contribution in [-0.4, -0.2) is 5.11 Å². The van der Waals surface area contributed by atoms with E-state index in [2.05, 4.69) is 6.58 Å². The molecule has 0 aliphatic rings. The van der Waals surface area contributed by atoms with Crippen LogP contribution in [0.4, 0.5) is 4.39 Å². The molecule has 13 heavy (non-hydrogen) atoms. The van der Waals surface area contributed by atoms with E-state index in [1.807, 2.05) is 0 Å².